The maximum absolute atomic E-state index is 11.2. The molecular formula is C12H13N3O. The summed E-state index contributed by atoms with van der Waals surface area (Å²) in [4.78, 5) is 15.2. The average molecular weight is 215 g/mol. The monoisotopic (exact) mass is 215 g/mol. The smallest absolute Gasteiger partial charge is 0.244 e. The molecule has 0 saturated carbocycles. The highest BCUT2D eigenvalue weighted by Crippen LogP contribution is 2.23. The summed E-state index contributed by atoms with van der Waals surface area (Å²) in [7, 11) is 0. The van der Waals surface area contributed by atoms with Gasteiger partial charge in [0.15, 0.2) is 0 Å². The molecule has 4 heteroatoms. The van der Waals surface area contributed by atoms with Gasteiger partial charge in [0, 0.05) is 5.56 Å². The van der Waals surface area contributed by atoms with Gasteiger partial charge in [-0.1, -0.05) is 44.2 Å². The van der Waals surface area contributed by atoms with Crippen LogP contribution in [-0.4, -0.2) is 15.2 Å². The largest absolute Gasteiger partial charge is 0.361 e. The average Bonchev–Trinajstić information content (AvgIpc) is 2.29. The second-order valence-electron chi connectivity index (χ2n) is 3.90. The van der Waals surface area contributed by atoms with Crippen LogP contribution in [0.4, 0.5) is 0 Å². The van der Waals surface area contributed by atoms with Gasteiger partial charge in [-0.3, -0.25) is 0 Å². The zero-order valence-electron chi connectivity index (χ0n) is 9.27. The number of nitrogens with one attached hydrogen (secondary N) is 1. The summed E-state index contributed by atoms with van der Waals surface area (Å²) in [6, 6.07) is 9.62. The Bertz CT molecular complexity index is 531. The quantitative estimate of drug-likeness (QED) is 0.833. The van der Waals surface area contributed by atoms with Crippen molar-refractivity contribution in [1.82, 2.24) is 15.2 Å². The molecule has 1 heterocycles. The van der Waals surface area contributed by atoms with Crippen LogP contribution in [0.1, 0.15) is 25.5 Å². The molecule has 0 atom stereocenters. The lowest BCUT2D eigenvalue weighted by atomic mass is 10.0. The van der Waals surface area contributed by atoms with Crippen LogP contribution in [0.2, 0.25) is 0 Å². The van der Waals surface area contributed by atoms with Gasteiger partial charge < -0.3 is 0 Å². The van der Waals surface area contributed by atoms with Crippen molar-refractivity contribution < 1.29 is 0 Å². The molecule has 1 aromatic heterocycles. The van der Waals surface area contributed by atoms with Gasteiger partial charge in [-0.05, 0) is 5.92 Å². The van der Waals surface area contributed by atoms with Gasteiger partial charge in [-0.25, -0.2) is 9.89 Å². The molecule has 0 saturated heterocycles. The van der Waals surface area contributed by atoms with Crippen molar-refractivity contribution in [3.05, 3.63) is 46.5 Å². The van der Waals surface area contributed by atoms with E-state index in [0.29, 0.717) is 5.69 Å². The van der Waals surface area contributed by atoms with Gasteiger partial charge in [0.1, 0.15) is 0 Å². The summed E-state index contributed by atoms with van der Waals surface area (Å²) in [6.45, 7) is 4.05. The Morgan fingerprint density at radius 1 is 1.19 bits per heavy atom. The third-order valence-corrected chi connectivity index (χ3v) is 2.32. The molecule has 4 nitrogen and oxygen atoms in total. The Labute approximate surface area is 93.4 Å². The Morgan fingerprint density at radius 3 is 2.50 bits per heavy atom. The number of H-pyrrole nitrogens is 1. The van der Waals surface area contributed by atoms with E-state index in [1.54, 1.807) is 0 Å². The van der Waals surface area contributed by atoms with Crippen LogP contribution < -0.4 is 5.69 Å². The van der Waals surface area contributed by atoms with Crippen molar-refractivity contribution in [2.75, 3.05) is 0 Å². The molecule has 0 amide bonds. The van der Waals surface area contributed by atoms with E-state index in [4.69, 9.17) is 0 Å². The van der Waals surface area contributed by atoms with E-state index in [1.807, 2.05) is 44.2 Å². The third-order valence-electron chi connectivity index (χ3n) is 2.32. The molecule has 2 rings (SSSR count). The van der Waals surface area contributed by atoms with E-state index in [1.165, 1.54) is 0 Å². The van der Waals surface area contributed by atoms with E-state index in [0.717, 1.165) is 11.3 Å². The summed E-state index contributed by atoms with van der Waals surface area (Å²) < 4.78 is 0. The third kappa shape index (κ3) is 2.00. The van der Waals surface area contributed by atoms with Gasteiger partial charge in [-0.15, -0.1) is 0 Å². The van der Waals surface area contributed by atoms with E-state index in [2.05, 4.69) is 15.2 Å². The van der Waals surface area contributed by atoms with Crippen LogP contribution in [0, 0.1) is 0 Å². The number of nitrogens with zero attached hydrogens (tertiary/aromatic N) is 2. The number of hydrogen-bond acceptors (Lipinski definition) is 3. The fourth-order valence-corrected chi connectivity index (χ4v) is 1.56. The molecule has 0 aliphatic rings. The predicted molar refractivity (Wildman–Crippen MR) is 62.2 cm³/mol. The molecule has 1 N–H and O–H groups in total. The lowest BCUT2D eigenvalue weighted by molar-refractivity contribution is 0.757. The molecule has 0 radical (unpaired) electrons. The van der Waals surface area contributed by atoms with Crippen molar-refractivity contribution in [2.24, 2.45) is 0 Å². The van der Waals surface area contributed by atoms with Crippen molar-refractivity contribution >= 4 is 0 Å². The highest BCUT2D eigenvalue weighted by molar-refractivity contribution is 5.61. The van der Waals surface area contributed by atoms with Crippen molar-refractivity contribution in [3.63, 3.8) is 0 Å². The van der Waals surface area contributed by atoms with Gasteiger partial charge >= 0.3 is 5.69 Å². The van der Waals surface area contributed by atoms with E-state index >= 15 is 0 Å². The standard InChI is InChI=1S/C12H13N3O/c1-8(2)10-11(13-12(16)15-14-10)9-6-4-3-5-7-9/h3-8H,1-2H3,(H,13,15,16). The Morgan fingerprint density at radius 2 is 1.88 bits per heavy atom. The molecular weight excluding hydrogens is 202 g/mol. The molecule has 0 aliphatic carbocycles. The van der Waals surface area contributed by atoms with Crippen LogP contribution in [0.5, 0.6) is 0 Å². The first-order chi connectivity index (χ1) is 7.68. The second kappa shape index (κ2) is 4.26. The molecule has 16 heavy (non-hydrogen) atoms. The topological polar surface area (TPSA) is 58.6 Å². The summed E-state index contributed by atoms with van der Waals surface area (Å²) in [5, 5.41) is 6.43. The zero-order chi connectivity index (χ0) is 11.5. The minimum absolute atomic E-state index is 0.222. The molecule has 1 aromatic carbocycles. The number of hydrogen-bond donors (Lipinski definition) is 1. The van der Waals surface area contributed by atoms with Crippen molar-refractivity contribution in [1.29, 1.82) is 0 Å². The molecule has 0 spiro atoms. The summed E-state index contributed by atoms with van der Waals surface area (Å²) in [5.41, 5.74) is 1.98. The van der Waals surface area contributed by atoms with Crippen molar-refractivity contribution in [3.8, 4) is 11.3 Å². The molecule has 0 aliphatic heterocycles. The predicted octanol–water partition coefficient (Wildman–Crippen LogP) is 1.96. The van der Waals surface area contributed by atoms with Gasteiger partial charge in [0.2, 0.25) is 0 Å². The first-order valence-corrected chi connectivity index (χ1v) is 5.20. The molecule has 2 aromatic rings. The fraction of sp³-hybridized carbons (Fsp3) is 0.250. The molecule has 82 valence electrons. The second-order valence-corrected chi connectivity index (χ2v) is 3.90. The molecule has 0 fully saturated rings. The normalized spacial score (nSPS) is 10.7. The maximum Gasteiger partial charge on any atom is 0.361 e. The SMILES string of the molecule is CC(C)c1n[nH]c(=O)nc1-c1ccccc1. The Hall–Kier alpha value is -1.97. The van der Waals surface area contributed by atoms with Gasteiger partial charge in [-0.2, -0.15) is 10.1 Å². The lowest BCUT2D eigenvalue weighted by Gasteiger charge is -2.08. The van der Waals surface area contributed by atoms with Crippen LogP contribution in [0.25, 0.3) is 11.3 Å². The lowest BCUT2D eigenvalue weighted by Crippen LogP contribution is -2.16. The minimum atomic E-state index is -0.414. The molecule has 0 bridgehead atoms. The molecule has 0 unspecified atom stereocenters. The first-order valence-electron chi connectivity index (χ1n) is 5.20. The number of aromatic amines is 1. The number of aromatic nitrogens is 3. The van der Waals surface area contributed by atoms with Crippen LogP contribution >= 0.6 is 0 Å². The first kappa shape index (κ1) is 10.5. The Kier molecular flexibility index (Phi) is 2.81. The number of benzene rings is 1. The maximum atomic E-state index is 11.2. The van der Waals surface area contributed by atoms with E-state index in [-0.39, 0.29) is 5.92 Å². The van der Waals surface area contributed by atoms with Gasteiger partial charge in [0.05, 0.1) is 11.4 Å². The highest BCUT2D eigenvalue weighted by Gasteiger charge is 2.12. The number of rotatable bonds is 2. The summed E-state index contributed by atoms with van der Waals surface area (Å²) in [6.07, 6.45) is 0. The fourth-order valence-electron chi connectivity index (χ4n) is 1.56. The van der Waals surface area contributed by atoms with Crippen LogP contribution in [-0.2, 0) is 0 Å². The van der Waals surface area contributed by atoms with Crippen molar-refractivity contribution in [2.45, 2.75) is 19.8 Å². The van der Waals surface area contributed by atoms with E-state index < -0.39 is 5.69 Å². The van der Waals surface area contributed by atoms with Crippen LogP contribution in [0.15, 0.2) is 35.1 Å². The van der Waals surface area contributed by atoms with Crippen LogP contribution in [0.3, 0.4) is 0 Å². The summed E-state index contributed by atoms with van der Waals surface area (Å²) in [5.74, 6) is 0.222. The summed E-state index contributed by atoms with van der Waals surface area (Å²) >= 11 is 0. The van der Waals surface area contributed by atoms with E-state index in [9.17, 15) is 4.79 Å². The Balaban J connectivity index is 2.63. The minimum Gasteiger partial charge on any atom is -0.244 e. The zero-order valence-corrected chi connectivity index (χ0v) is 9.27. The highest BCUT2D eigenvalue weighted by atomic mass is 16.1. The van der Waals surface area contributed by atoms with Gasteiger partial charge in [0.25, 0.3) is 0 Å².